The molecule has 2 heterocycles. The lowest BCUT2D eigenvalue weighted by atomic mass is 10.1. The highest BCUT2D eigenvalue weighted by Crippen LogP contribution is 2.40. The molecule has 1 aliphatic heterocycles. The van der Waals surface area contributed by atoms with Crippen LogP contribution in [0.2, 0.25) is 0 Å². The number of rotatable bonds is 8. The smallest absolute Gasteiger partial charge is 0.298 e. The largest absolute Gasteiger partial charge is 0.352 e. The zero-order chi connectivity index (χ0) is 23.5. The van der Waals surface area contributed by atoms with E-state index in [0.29, 0.717) is 23.5 Å². The van der Waals surface area contributed by atoms with Crippen LogP contribution < -0.4 is 15.8 Å². The van der Waals surface area contributed by atoms with E-state index in [2.05, 4.69) is 10.2 Å². The van der Waals surface area contributed by atoms with Crippen molar-refractivity contribution in [2.24, 2.45) is 0 Å². The SMILES string of the molecule is O=c1c(N2CCCCC2)nc(CCCN[C@H]2CC2c2ccc(F)cc2)cn1-c1ccc(F)cc1. The molecule has 1 aromatic heterocycles. The normalized spacial score (nSPS) is 19.9. The van der Waals surface area contributed by atoms with Crippen molar-refractivity contribution in [2.45, 2.75) is 50.5 Å². The molecular formula is C27H30F2N4O. The molecule has 1 saturated heterocycles. The maximum absolute atomic E-state index is 13.5. The molecule has 2 atom stereocenters. The number of hydrogen-bond acceptors (Lipinski definition) is 4. The quantitative estimate of drug-likeness (QED) is 0.496. The van der Waals surface area contributed by atoms with Crippen LogP contribution >= 0.6 is 0 Å². The van der Waals surface area contributed by atoms with Crippen molar-refractivity contribution in [1.29, 1.82) is 0 Å². The molecule has 0 radical (unpaired) electrons. The highest BCUT2D eigenvalue weighted by atomic mass is 19.1. The van der Waals surface area contributed by atoms with Crippen molar-refractivity contribution < 1.29 is 8.78 Å². The van der Waals surface area contributed by atoms with Crippen LogP contribution in [-0.4, -0.2) is 35.2 Å². The number of hydrogen-bond donors (Lipinski definition) is 1. The van der Waals surface area contributed by atoms with Crippen LogP contribution in [0.25, 0.3) is 5.69 Å². The number of nitrogens with zero attached hydrogens (tertiary/aromatic N) is 3. The molecule has 5 rings (SSSR count). The molecule has 1 N–H and O–H groups in total. The van der Waals surface area contributed by atoms with Gasteiger partial charge in [0.05, 0.1) is 5.69 Å². The molecule has 0 spiro atoms. The minimum atomic E-state index is -0.326. The molecule has 1 unspecified atom stereocenters. The molecule has 1 aliphatic carbocycles. The number of benzene rings is 2. The molecular weight excluding hydrogens is 434 g/mol. The highest BCUT2D eigenvalue weighted by molar-refractivity contribution is 5.42. The molecule has 1 saturated carbocycles. The van der Waals surface area contributed by atoms with Gasteiger partial charge in [0.15, 0.2) is 5.82 Å². The van der Waals surface area contributed by atoms with Gasteiger partial charge in [0.25, 0.3) is 5.56 Å². The Hall–Kier alpha value is -3.06. The topological polar surface area (TPSA) is 50.2 Å². The molecule has 34 heavy (non-hydrogen) atoms. The predicted molar refractivity (Wildman–Crippen MR) is 130 cm³/mol. The van der Waals surface area contributed by atoms with Crippen molar-refractivity contribution in [3.05, 3.63) is 88.0 Å². The van der Waals surface area contributed by atoms with E-state index < -0.39 is 0 Å². The number of aryl methyl sites for hydroxylation is 1. The summed E-state index contributed by atoms with van der Waals surface area (Å²) in [7, 11) is 0. The summed E-state index contributed by atoms with van der Waals surface area (Å²) in [6.07, 6.45) is 7.78. The molecule has 3 aromatic rings. The molecule has 178 valence electrons. The van der Waals surface area contributed by atoms with E-state index in [4.69, 9.17) is 4.98 Å². The minimum Gasteiger partial charge on any atom is -0.352 e. The molecule has 2 fully saturated rings. The Labute approximate surface area is 198 Å². The summed E-state index contributed by atoms with van der Waals surface area (Å²) in [6.45, 7) is 2.52. The summed E-state index contributed by atoms with van der Waals surface area (Å²) in [5.74, 6) is 0.414. The van der Waals surface area contributed by atoms with E-state index in [0.717, 1.165) is 57.4 Å². The molecule has 0 amide bonds. The average molecular weight is 465 g/mol. The summed E-state index contributed by atoms with van der Waals surface area (Å²) < 4.78 is 28.2. The van der Waals surface area contributed by atoms with E-state index >= 15 is 0 Å². The lowest BCUT2D eigenvalue weighted by Crippen LogP contribution is -2.37. The van der Waals surface area contributed by atoms with Gasteiger partial charge in [-0.1, -0.05) is 12.1 Å². The Morgan fingerprint density at radius 3 is 2.32 bits per heavy atom. The van der Waals surface area contributed by atoms with Crippen LogP contribution in [-0.2, 0) is 6.42 Å². The Morgan fingerprint density at radius 2 is 1.62 bits per heavy atom. The molecule has 5 nitrogen and oxygen atoms in total. The van der Waals surface area contributed by atoms with Crippen LogP contribution in [0, 0.1) is 11.6 Å². The average Bonchev–Trinajstić information content (AvgIpc) is 3.64. The number of anilines is 1. The van der Waals surface area contributed by atoms with Gasteiger partial charge in [-0.2, -0.15) is 0 Å². The van der Waals surface area contributed by atoms with Gasteiger partial charge in [0.2, 0.25) is 0 Å². The highest BCUT2D eigenvalue weighted by Gasteiger charge is 2.37. The fourth-order valence-electron chi connectivity index (χ4n) is 4.81. The van der Waals surface area contributed by atoms with Gasteiger partial charge < -0.3 is 10.2 Å². The number of piperidine rings is 1. The minimum absolute atomic E-state index is 0.157. The van der Waals surface area contributed by atoms with Crippen molar-refractivity contribution in [1.82, 2.24) is 14.9 Å². The number of nitrogens with one attached hydrogen (secondary N) is 1. The summed E-state index contributed by atoms with van der Waals surface area (Å²) in [5, 5.41) is 3.59. The second kappa shape index (κ2) is 10.1. The third-order valence-corrected chi connectivity index (χ3v) is 6.80. The second-order valence-corrected chi connectivity index (χ2v) is 9.31. The van der Waals surface area contributed by atoms with Gasteiger partial charge in [-0.25, -0.2) is 13.8 Å². The van der Waals surface area contributed by atoms with Crippen molar-refractivity contribution in [2.75, 3.05) is 24.5 Å². The summed E-state index contributed by atoms with van der Waals surface area (Å²) in [5.41, 5.74) is 2.53. The molecule has 0 bridgehead atoms. The van der Waals surface area contributed by atoms with Crippen LogP contribution in [0.1, 0.15) is 49.3 Å². The van der Waals surface area contributed by atoms with E-state index in [-0.39, 0.29) is 17.2 Å². The lowest BCUT2D eigenvalue weighted by Gasteiger charge is -2.28. The monoisotopic (exact) mass is 464 g/mol. The summed E-state index contributed by atoms with van der Waals surface area (Å²) in [4.78, 5) is 20.1. The van der Waals surface area contributed by atoms with Gasteiger partial charge in [-0.15, -0.1) is 0 Å². The first-order valence-corrected chi connectivity index (χ1v) is 12.2. The fraction of sp³-hybridized carbons (Fsp3) is 0.407. The molecule has 7 heteroatoms. The fourth-order valence-corrected chi connectivity index (χ4v) is 4.81. The van der Waals surface area contributed by atoms with Gasteiger partial charge in [-0.3, -0.25) is 9.36 Å². The van der Waals surface area contributed by atoms with Crippen molar-refractivity contribution in [3.8, 4) is 5.69 Å². The van der Waals surface area contributed by atoms with Crippen molar-refractivity contribution in [3.63, 3.8) is 0 Å². The second-order valence-electron chi connectivity index (χ2n) is 9.31. The Kier molecular flexibility index (Phi) is 6.72. The van der Waals surface area contributed by atoms with Crippen molar-refractivity contribution >= 4 is 5.82 Å². The Balaban J connectivity index is 1.26. The van der Waals surface area contributed by atoms with Crippen LogP contribution in [0.5, 0.6) is 0 Å². The van der Waals surface area contributed by atoms with E-state index in [1.54, 1.807) is 22.9 Å². The number of aromatic nitrogens is 2. The first-order valence-electron chi connectivity index (χ1n) is 12.2. The van der Waals surface area contributed by atoms with Gasteiger partial charge >= 0.3 is 0 Å². The number of halogens is 2. The van der Waals surface area contributed by atoms with Gasteiger partial charge in [0, 0.05) is 36.9 Å². The zero-order valence-corrected chi connectivity index (χ0v) is 19.2. The van der Waals surface area contributed by atoms with Gasteiger partial charge in [-0.05, 0) is 87.0 Å². The standard InChI is InChI=1S/C27H30F2N4O/c28-20-8-6-19(7-9-20)24-17-25(24)30-14-4-5-22-18-33(23-12-10-21(29)11-13-23)27(34)26(31-22)32-15-2-1-3-16-32/h6-13,18,24-25,30H,1-5,14-17H2/t24?,25-/m0/s1. The van der Waals surface area contributed by atoms with E-state index in [1.807, 2.05) is 12.1 Å². The van der Waals surface area contributed by atoms with E-state index in [9.17, 15) is 13.6 Å². The van der Waals surface area contributed by atoms with Crippen LogP contribution in [0.15, 0.2) is 59.5 Å². The Morgan fingerprint density at radius 1 is 0.941 bits per heavy atom. The molecule has 2 aromatic carbocycles. The summed E-state index contributed by atoms with van der Waals surface area (Å²) in [6, 6.07) is 13.2. The third-order valence-electron chi connectivity index (χ3n) is 6.80. The lowest BCUT2D eigenvalue weighted by molar-refractivity contribution is 0.568. The maximum Gasteiger partial charge on any atom is 0.298 e. The summed E-state index contributed by atoms with van der Waals surface area (Å²) >= 11 is 0. The maximum atomic E-state index is 13.5. The third kappa shape index (κ3) is 5.20. The first kappa shape index (κ1) is 22.7. The Bertz CT molecular complexity index is 1170. The predicted octanol–water partition coefficient (Wildman–Crippen LogP) is 4.58. The zero-order valence-electron chi connectivity index (χ0n) is 19.2. The first-order chi connectivity index (χ1) is 16.6. The van der Waals surface area contributed by atoms with Gasteiger partial charge in [0.1, 0.15) is 11.6 Å². The van der Waals surface area contributed by atoms with Crippen LogP contribution in [0.3, 0.4) is 0 Å². The molecule has 2 aliphatic rings. The van der Waals surface area contributed by atoms with E-state index in [1.165, 1.54) is 36.2 Å². The van der Waals surface area contributed by atoms with Crippen LogP contribution in [0.4, 0.5) is 14.6 Å².